The first-order valence-electron chi connectivity index (χ1n) is 14.9. The number of allylic oxidation sites excluding steroid dienone is 2. The predicted molar refractivity (Wildman–Crippen MR) is 155 cm³/mol. The molecule has 34 heavy (non-hydrogen) atoms. The Morgan fingerprint density at radius 1 is 0.971 bits per heavy atom. The van der Waals surface area contributed by atoms with Gasteiger partial charge in [-0.1, -0.05) is 109 Å². The third-order valence-electron chi connectivity index (χ3n) is 13.4. The van der Waals surface area contributed by atoms with Gasteiger partial charge in [0.25, 0.3) is 0 Å². The van der Waals surface area contributed by atoms with Crippen molar-refractivity contribution in [2.45, 2.75) is 127 Å². The van der Waals surface area contributed by atoms with E-state index in [0.717, 1.165) is 29.6 Å². The average Bonchev–Trinajstić information content (AvgIpc) is 3.08. The summed E-state index contributed by atoms with van der Waals surface area (Å²) < 4.78 is 0.0449. The topological polar surface area (TPSA) is 0 Å². The summed E-state index contributed by atoms with van der Waals surface area (Å²) in [6, 6.07) is 0. The molecule has 0 saturated heterocycles. The lowest BCUT2D eigenvalue weighted by Gasteiger charge is -2.56. The second-order valence-corrected chi connectivity index (χ2v) is 16.2. The summed E-state index contributed by atoms with van der Waals surface area (Å²) in [4.78, 5) is 0. The molecule has 2 saturated carbocycles. The fourth-order valence-electron chi connectivity index (χ4n) is 10.4. The molecule has 3 rings (SSSR count). The van der Waals surface area contributed by atoms with Gasteiger partial charge in [0.1, 0.15) is 0 Å². The Morgan fingerprint density at radius 2 is 1.56 bits per heavy atom. The van der Waals surface area contributed by atoms with Crippen LogP contribution in [0.5, 0.6) is 0 Å². The SMILES string of the molecule is CCC1C(C)(S)C2C(C)(C)C2(C)CCC=CC12CC(CC(C)C(C)C(C)C)C(C)C2(C)C(C)C. The first-order chi connectivity index (χ1) is 15.5. The number of hydrogen-bond acceptors (Lipinski definition) is 1. The monoisotopic (exact) mass is 488 g/mol. The zero-order chi connectivity index (χ0) is 26.1. The molecule has 198 valence electrons. The lowest BCUT2D eigenvalue weighted by Crippen LogP contribution is -2.52. The maximum atomic E-state index is 5.71. The molecule has 0 amide bonds. The molecule has 0 aromatic heterocycles. The fraction of sp³-hybridized carbons (Fsp3) is 0.939. The van der Waals surface area contributed by atoms with Gasteiger partial charge in [-0.25, -0.2) is 0 Å². The van der Waals surface area contributed by atoms with Gasteiger partial charge in [-0.2, -0.15) is 12.6 Å². The van der Waals surface area contributed by atoms with E-state index < -0.39 is 0 Å². The predicted octanol–water partition coefficient (Wildman–Crippen LogP) is 10.3. The van der Waals surface area contributed by atoms with Crippen LogP contribution in [0.25, 0.3) is 0 Å². The Bertz CT molecular complexity index is 759. The third-order valence-corrected chi connectivity index (χ3v) is 14.0. The van der Waals surface area contributed by atoms with E-state index >= 15 is 0 Å². The number of rotatable bonds is 6. The zero-order valence-corrected chi connectivity index (χ0v) is 26.2. The van der Waals surface area contributed by atoms with Crippen molar-refractivity contribution in [2.24, 2.45) is 69.0 Å². The van der Waals surface area contributed by atoms with Crippen LogP contribution >= 0.6 is 12.6 Å². The molecule has 10 unspecified atom stereocenters. The van der Waals surface area contributed by atoms with E-state index in [4.69, 9.17) is 12.6 Å². The minimum absolute atomic E-state index is 0.0449. The van der Waals surface area contributed by atoms with E-state index in [1.165, 1.54) is 32.1 Å². The Hall–Kier alpha value is 0.0900. The van der Waals surface area contributed by atoms with E-state index in [0.29, 0.717) is 34.0 Å². The lowest BCUT2D eigenvalue weighted by molar-refractivity contribution is -0.0218. The quantitative estimate of drug-likeness (QED) is 0.279. The first-order valence-corrected chi connectivity index (χ1v) is 15.3. The lowest BCUT2D eigenvalue weighted by atomic mass is 9.50. The molecule has 0 bridgehead atoms. The summed E-state index contributed by atoms with van der Waals surface area (Å²) >= 11 is 5.71. The molecule has 0 nitrogen and oxygen atoms in total. The van der Waals surface area contributed by atoms with Crippen molar-refractivity contribution in [3.05, 3.63) is 12.2 Å². The Morgan fingerprint density at radius 3 is 2.06 bits per heavy atom. The fourth-order valence-corrected chi connectivity index (χ4v) is 11.4. The molecule has 0 aliphatic heterocycles. The Labute approximate surface area is 220 Å². The van der Waals surface area contributed by atoms with Gasteiger partial charge in [0.05, 0.1) is 0 Å². The van der Waals surface area contributed by atoms with Crippen molar-refractivity contribution in [3.63, 3.8) is 0 Å². The van der Waals surface area contributed by atoms with Gasteiger partial charge >= 0.3 is 0 Å². The molecule has 0 radical (unpaired) electrons. The van der Waals surface area contributed by atoms with Crippen LogP contribution < -0.4 is 0 Å². The molecule has 1 heteroatoms. The molecule has 1 spiro atoms. The first kappa shape index (κ1) is 28.7. The molecular weight excluding hydrogens is 428 g/mol. The summed E-state index contributed by atoms with van der Waals surface area (Å²) in [5, 5.41) is 0. The van der Waals surface area contributed by atoms with Crippen molar-refractivity contribution in [3.8, 4) is 0 Å². The van der Waals surface area contributed by atoms with Crippen molar-refractivity contribution in [1.29, 1.82) is 0 Å². The highest BCUT2D eigenvalue weighted by Crippen LogP contribution is 2.80. The smallest absolute Gasteiger partial charge is 0.0177 e. The largest absolute Gasteiger partial charge is 0.172 e. The summed E-state index contributed by atoms with van der Waals surface area (Å²) in [5.41, 5.74) is 1.30. The molecule has 2 fully saturated rings. The molecule has 10 atom stereocenters. The minimum atomic E-state index is 0.0449. The Kier molecular flexibility index (Phi) is 7.70. The van der Waals surface area contributed by atoms with Crippen LogP contribution in [-0.2, 0) is 0 Å². The maximum absolute atomic E-state index is 5.71. The summed E-state index contributed by atoms with van der Waals surface area (Å²) in [6.45, 7) is 32.9. The standard InChI is InChI=1S/C33H60S/c1-14-27-32(13,34)28-29(9,10)30(28,11)17-15-16-18-33(27)20-26(19-23(6)24(7)21(2)3)25(8)31(33,12)22(4)5/h16,18,21-28,34H,14-15,17,19-20H2,1-13H3. The van der Waals surface area contributed by atoms with Gasteiger partial charge in [-0.15, -0.1) is 0 Å². The highest BCUT2D eigenvalue weighted by molar-refractivity contribution is 7.81. The van der Waals surface area contributed by atoms with Crippen LogP contribution in [-0.4, -0.2) is 4.75 Å². The summed E-state index contributed by atoms with van der Waals surface area (Å²) in [7, 11) is 0. The highest BCUT2D eigenvalue weighted by atomic mass is 32.1. The molecule has 0 N–H and O–H groups in total. The van der Waals surface area contributed by atoms with E-state index in [-0.39, 0.29) is 10.2 Å². The van der Waals surface area contributed by atoms with E-state index in [1.54, 1.807) is 0 Å². The van der Waals surface area contributed by atoms with Crippen LogP contribution in [0.3, 0.4) is 0 Å². The maximum Gasteiger partial charge on any atom is 0.0177 e. The molecular formula is C33H60S. The van der Waals surface area contributed by atoms with Crippen molar-refractivity contribution < 1.29 is 0 Å². The molecule has 0 aromatic carbocycles. The van der Waals surface area contributed by atoms with Crippen molar-refractivity contribution >= 4 is 12.6 Å². The summed E-state index contributed by atoms with van der Waals surface area (Å²) in [6.07, 6.45) is 11.9. The number of thiol groups is 1. The third kappa shape index (κ3) is 3.82. The molecule has 3 aliphatic carbocycles. The number of hydrogen-bond donors (Lipinski definition) is 1. The number of fused-ring (bicyclic) bond motifs is 1. The van der Waals surface area contributed by atoms with E-state index in [2.05, 4.69) is 102 Å². The molecule has 3 aliphatic rings. The van der Waals surface area contributed by atoms with Crippen LogP contribution in [0, 0.1) is 69.0 Å². The van der Waals surface area contributed by atoms with Gasteiger partial charge in [0.15, 0.2) is 0 Å². The highest BCUT2D eigenvalue weighted by Gasteiger charge is 2.75. The van der Waals surface area contributed by atoms with Crippen LogP contribution in [0.4, 0.5) is 0 Å². The summed E-state index contributed by atoms with van der Waals surface area (Å²) in [5.74, 6) is 5.81. The van der Waals surface area contributed by atoms with Gasteiger partial charge in [-0.05, 0) is 94.7 Å². The van der Waals surface area contributed by atoms with Gasteiger partial charge in [0, 0.05) is 4.75 Å². The second-order valence-electron chi connectivity index (χ2n) is 15.2. The second kappa shape index (κ2) is 9.13. The van der Waals surface area contributed by atoms with Gasteiger partial charge in [-0.3, -0.25) is 0 Å². The minimum Gasteiger partial charge on any atom is -0.172 e. The normalized spacial score (nSPS) is 47.9. The van der Waals surface area contributed by atoms with E-state index in [9.17, 15) is 0 Å². The van der Waals surface area contributed by atoms with Crippen LogP contribution in [0.1, 0.15) is 122 Å². The van der Waals surface area contributed by atoms with E-state index in [1.807, 2.05) is 0 Å². The van der Waals surface area contributed by atoms with Crippen LogP contribution in [0.15, 0.2) is 12.2 Å². The Balaban J connectivity index is 2.13. The molecule has 0 heterocycles. The zero-order valence-electron chi connectivity index (χ0n) is 25.3. The van der Waals surface area contributed by atoms with Crippen molar-refractivity contribution in [2.75, 3.05) is 0 Å². The van der Waals surface area contributed by atoms with Gasteiger partial charge in [0.2, 0.25) is 0 Å². The molecule has 0 aromatic rings. The van der Waals surface area contributed by atoms with Gasteiger partial charge < -0.3 is 0 Å². The van der Waals surface area contributed by atoms with Crippen molar-refractivity contribution in [1.82, 2.24) is 0 Å². The van der Waals surface area contributed by atoms with Crippen LogP contribution in [0.2, 0.25) is 0 Å². The average molecular weight is 489 g/mol.